The first-order valence-corrected chi connectivity index (χ1v) is 8.86. The Kier molecular flexibility index (Phi) is 4.32. The minimum absolute atomic E-state index is 0.714. The maximum absolute atomic E-state index is 5.75. The molecule has 0 saturated carbocycles. The van der Waals surface area contributed by atoms with E-state index in [2.05, 4.69) is 0 Å². The highest BCUT2D eigenvalue weighted by molar-refractivity contribution is 7.71. The Balaban J connectivity index is 1.77. The molecule has 0 atom stereocenters. The van der Waals surface area contributed by atoms with Gasteiger partial charge in [-0.05, 0) is 55.7 Å². The van der Waals surface area contributed by atoms with Crippen LogP contribution in [0, 0.1) is 4.77 Å². The molecule has 5 nitrogen and oxygen atoms in total. The van der Waals surface area contributed by atoms with Crippen LogP contribution in [-0.4, -0.2) is 27.4 Å². The lowest BCUT2D eigenvalue weighted by Gasteiger charge is -2.22. The summed E-state index contributed by atoms with van der Waals surface area (Å²) in [5, 5.41) is 4.78. The van der Waals surface area contributed by atoms with E-state index in [1.54, 1.807) is 11.2 Å². The van der Waals surface area contributed by atoms with Crippen molar-refractivity contribution in [3.63, 3.8) is 0 Å². The summed E-state index contributed by atoms with van der Waals surface area (Å²) in [7, 11) is 0. The number of hydrogen-bond acceptors (Lipinski definition) is 3. The van der Waals surface area contributed by atoms with Crippen molar-refractivity contribution in [2.24, 2.45) is 0 Å². The number of hydrogen-bond donors (Lipinski definition) is 1. The molecule has 0 bridgehead atoms. The zero-order valence-corrected chi connectivity index (χ0v) is 14.3. The van der Waals surface area contributed by atoms with Crippen molar-refractivity contribution < 1.29 is 9.32 Å². The Morgan fingerprint density at radius 1 is 1.04 bits per heavy atom. The number of nitrogens with zero attached hydrogens (tertiary/aromatic N) is 3. The normalized spacial score (nSPS) is 15.7. The van der Waals surface area contributed by atoms with Gasteiger partial charge in [0, 0.05) is 0 Å². The predicted octanol–water partition coefficient (Wildman–Crippen LogP) is 2.69. The molecule has 1 N–H and O–H groups in total. The van der Waals surface area contributed by atoms with Gasteiger partial charge in [0.05, 0.1) is 25.0 Å². The van der Waals surface area contributed by atoms with E-state index in [4.69, 9.17) is 21.7 Å². The van der Waals surface area contributed by atoms with E-state index in [0.717, 1.165) is 23.9 Å². The zero-order chi connectivity index (χ0) is 16.4. The molecule has 0 aliphatic carbocycles. The van der Waals surface area contributed by atoms with E-state index in [9.17, 15) is 0 Å². The summed E-state index contributed by atoms with van der Waals surface area (Å²) in [4.78, 5) is 1.54. The van der Waals surface area contributed by atoms with Gasteiger partial charge >= 0.3 is 0 Å². The van der Waals surface area contributed by atoms with Gasteiger partial charge in [0.25, 0.3) is 0 Å². The summed E-state index contributed by atoms with van der Waals surface area (Å²) in [6, 6.07) is 13.9. The Morgan fingerprint density at radius 3 is 2.54 bits per heavy atom. The molecule has 3 heterocycles. The summed E-state index contributed by atoms with van der Waals surface area (Å²) < 4.78 is 10.2. The minimum Gasteiger partial charge on any atom is -0.461 e. The molecule has 1 aliphatic heterocycles. The average molecular weight is 341 g/mol. The summed E-state index contributed by atoms with van der Waals surface area (Å²) in [6.07, 6.45) is 5.58. The Bertz CT molecular complexity index is 845. The summed E-state index contributed by atoms with van der Waals surface area (Å²) in [5.41, 5.74) is 1.01. The second-order valence-electron chi connectivity index (χ2n) is 6.22. The molecular formula is C18H21N4OS+. The van der Waals surface area contributed by atoms with Crippen LogP contribution in [0.3, 0.4) is 0 Å². The minimum atomic E-state index is 0.714. The van der Waals surface area contributed by atoms with Gasteiger partial charge < -0.3 is 9.32 Å². The summed E-state index contributed by atoms with van der Waals surface area (Å²) in [6.45, 7) is 3.19. The van der Waals surface area contributed by atoms with Crippen molar-refractivity contribution in [1.82, 2.24) is 14.3 Å². The van der Waals surface area contributed by atoms with Gasteiger partial charge in [-0.25, -0.2) is 0 Å². The van der Waals surface area contributed by atoms with Gasteiger partial charge in [0.15, 0.2) is 12.4 Å². The van der Waals surface area contributed by atoms with E-state index < -0.39 is 0 Å². The van der Waals surface area contributed by atoms with Crippen LogP contribution >= 0.6 is 12.2 Å². The number of quaternary nitrogens is 1. The fourth-order valence-electron chi connectivity index (χ4n) is 3.31. The van der Waals surface area contributed by atoms with E-state index >= 15 is 0 Å². The van der Waals surface area contributed by atoms with Crippen molar-refractivity contribution in [1.29, 1.82) is 0 Å². The molecule has 0 radical (unpaired) electrons. The molecule has 124 valence electrons. The van der Waals surface area contributed by atoms with Crippen molar-refractivity contribution in [2.45, 2.75) is 25.9 Å². The molecule has 1 aliphatic rings. The van der Waals surface area contributed by atoms with Gasteiger partial charge in [-0.15, -0.1) is 5.10 Å². The third-order valence-electron chi connectivity index (χ3n) is 4.53. The third-order valence-corrected chi connectivity index (χ3v) is 4.92. The molecule has 1 saturated heterocycles. The number of nitrogens with one attached hydrogen (secondary N) is 1. The van der Waals surface area contributed by atoms with Crippen molar-refractivity contribution in [2.75, 3.05) is 13.1 Å². The molecule has 4 rings (SSSR count). The van der Waals surface area contributed by atoms with Gasteiger partial charge in [-0.3, -0.25) is 4.57 Å². The van der Waals surface area contributed by atoms with Gasteiger partial charge in [0.2, 0.25) is 10.6 Å². The molecular weight excluding hydrogens is 320 g/mol. The average Bonchev–Trinajstić information content (AvgIpc) is 3.26. The number of benzene rings is 1. The highest BCUT2D eigenvalue weighted by Gasteiger charge is 2.20. The van der Waals surface area contributed by atoms with Gasteiger partial charge in [0.1, 0.15) is 0 Å². The smallest absolute Gasteiger partial charge is 0.207 e. The number of furan rings is 1. The van der Waals surface area contributed by atoms with Crippen LogP contribution in [0.4, 0.5) is 0 Å². The lowest BCUT2D eigenvalue weighted by molar-refractivity contribution is -0.928. The molecule has 3 aromatic rings. The standard InChI is InChI=1S/C18H20N4OS/c24-18-21(14-20-11-5-2-6-12-20)19-17(16-10-7-13-23-16)22(18)15-8-3-1-4-9-15/h1,3-4,7-10,13H,2,5-6,11-12,14H2/p+1. The first kappa shape index (κ1) is 15.4. The number of likely N-dealkylation sites (tertiary alicyclic amines) is 1. The van der Waals surface area contributed by atoms with E-state index in [0.29, 0.717) is 4.77 Å². The van der Waals surface area contributed by atoms with Crippen LogP contribution in [0.2, 0.25) is 0 Å². The van der Waals surface area contributed by atoms with E-state index in [-0.39, 0.29) is 0 Å². The SMILES string of the molecule is S=c1n(C[NH+]2CCCCC2)nc(-c2ccco2)n1-c1ccccc1. The zero-order valence-electron chi connectivity index (χ0n) is 13.5. The fraction of sp³-hybridized carbons (Fsp3) is 0.333. The molecule has 6 heteroatoms. The molecule has 0 unspecified atom stereocenters. The lowest BCUT2D eigenvalue weighted by Crippen LogP contribution is -3.12. The van der Waals surface area contributed by atoms with E-state index in [1.165, 1.54) is 32.4 Å². The highest BCUT2D eigenvalue weighted by Crippen LogP contribution is 2.22. The highest BCUT2D eigenvalue weighted by atomic mass is 32.1. The van der Waals surface area contributed by atoms with Crippen LogP contribution in [0.5, 0.6) is 0 Å². The number of para-hydroxylation sites is 1. The first-order chi connectivity index (χ1) is 11.8. The van der Waals surface area contributed by atoms with Crippen LogP contribution in [0.1, 0.15) is 19.3 Å². The third kappa shape index (κ3) is 2.95. The van der Waals surface area contributed by atoms with E-state index in [1.807, 2.05) is 51.7 Å². The number of aromatic nitrogens is 3. The monoisotopic (exact) mass is 341 g/mol. The second kappa shape index (κ2) is 6.75. The van der Waals surface area contributed by atoms with Crippen molar-refractivity contribution in [3.8, 4) is 17.3 Å². The van der Waals surface area contributed by atoms with Crippen molar-refractivity contribution >= 4 is 12.2 Å². The number of piperidine rings is 1. The Labute approximate surface area is 146 Å². The second-order valence-corrected chi connectivity index (χ2v) is 6.59. The Hall–Kier alpha value is -2.18. The molecule has 0 amide bonds. The Morgan fingerprint density at radius 2 is 1.83 bits per heavy atom. The lowest BCUT2D eigenvalue weighted by atomic mass is 10.1. The van der Waals surface area contributed by atoms with Crippen LogP contribution in [-0.2, 0) is 6.67 Å². The number of rotatable bonds is 4. The molecule has 1 fully saturated rings. The van der Waals surface area contributed by atoms with Crippen LogP contribution in [0.15, 0.2) is 53.1 Å². The van der Waals surface area contributed by atoms with Crippen LogP contribution < -0.4 is 4.90 Å². The molecule has 24 heavy (non-hydrogen) atoms. The molecule has 2 aromatic heterocycles. The molecule has 0 spiro atoms. The maximum atomic E-state index is 5.75. The fourth-order valence-corrected chi connectivity index (χ4v) is 3.60. The van der Waals surface area contributed by atoms with Crippen molar-refractivity contribution in [3.05, 3.63) is 53.5 Å². The predicted molar refractivity (Wildman–Crippen MR) is 94.6 cm³/mol. The topological polar surface area (TPSA) is 40.3 Å². The molecule has 1 aromatic carbocycles. The summed E-state index contributed by atoms with van der Waals surface area (Å²) >= 11 is 5.75. The van der Waals surface area contributed by atoms with Gasteiger partial charge in [-0.2, -0.15) is 4.68 Å². The largest absolute Gasteiger partial charge is 0.461 e. The maximum Gasteiger partial charge on any atom is 0.207 e. The summed E-state index contributed by atoms with van der Waals surface area (Å²) in [5.74, 6) is 1.49. The first-order valence-electron chi connectivity index (χ1n) is 8.45. The van der Waals surface area contributed by atoms with Crippen LogP contribution in [0.25, 0.3) is 17.3 Å². The quantitative estimate of drug-likeness (QED) is 0.742. The van der Waals surface area contributed by atoms with Gasteiger partial charge in [-0.1, -0.05) is 18.2 Å².